The molecule has 0 aliphatic carbocycles. The maximum atomic E-state index is 6.03. The molecule has 0 bridgehead atoms. The monoisotopic (exact) mass is 288 g/mol. The van der Waals surface area contributed by atoms with E-state index >= 15 is 0 Å². The first kappa shape index (κ1) is 12.4. The molecule has 0 amide bonds. The van der Waals surface area contributed by atoms with Crippen molar-refractivity contribution in [1.82, 2.24) is 9.97 Å². The highest BCUT2D eigenvalue weighted by atomic mass is 35.5. The van der Waals surface area contributed by atoms with Gasteiger partial charge in [-0.15, -0.1) is 0 Å². The molecule has 0 saturated carbocycles. The highest BCUT2D eigenvalue weighted by Gasteiger charge is 2.12. The molecule has 0 unspecified atom stereocenters. The van der Waals surface area contributed by atoms with E-state index in [9.17, 15) is 0 Å². The molecule has 1 aromatic heterocycles. The summed E-state index contributed by atoms with van der Waals surface area (Å²) in [5.41, 5.74) is 1.29. The molecule has 2 rings (SSSR count). The van der Waals surface area contributed by atoms with E-state index in [0.717, 1.165) is 11.3 Å². The molecule has 0 aliphatic rings. The summed E-state index contributed by atoms with van der Waals surface area (Å²) in [6.07, 6.45) is 0. The Morgan fingerprint density at radius 2 is 1.65 bits per heavy atom. The van der Waals surface area contributed by atoms with E-state index in [4.69, 9.17) is 39.5 Å². The first-order chi connectivity index (χ1) is 8.11. The highest BCUT2D eigenvalue weighted by molar-refractivity contribution is 6.43. The summed E-state index contributed by atoms with van der Waals surface area (Å²) in [4.78, 5) is 7.81. The number of methoxy groups -OCH3 is 1. The van der Waals surface area contributed by atoms with Gasteiger partial charge in [0, 0.05) is 5.56 Å². The minimum Gasteiger partial charge on any atom is -0.497 e. The Labute approximate surface area is 113 Å². The summed E-state index contributed by atoms with van der Waals surface area (Å²) >= 11 is 17.6. The predicted octanol–water partition coefficient (Wildman–Crippen LogP) is 4.11. The van der Waals surface area contributed by atoms with Gasteiger partial charge in [-0.2, -0.15) is 0 Å². The molecule has 1 aromatic carbocycles. The van der Waals surface area contributed by atoms with Crippen LogP contribution in [0.5, 0.6) is 5.75 Å². The second-order valence-corrected chi connectivity index (χ2v) is 4.25. The quantitative estimate of drug-likeness (QED) is 0.616. The van der Waals surface area contributed by atoms with Crippen molar-refractivity contribution in [2.45, 2.75) is 0 Å². The van der Waals surface area contributed by atoms with Gasteiger partial charge in [0.05, 0.1) is 12.8 Å². The molecule has 88 valence electrons. The van der Waals surface area contributed by atoms with Crippen molar-refractivity contribution in [2.75, 3.05) is 7.11 Å². The molecule has 0 fully saturated rings. The van der Waals surface area contributed by atoms with Crippen molar-refractivity contribution in [3.8, 4) is 17.0 Å². The topological polar surface area (TPSA) is 35.0 Å². The molecule has 3 nitrogen and oxygen atoms in total. The van der Waals surface area contributed by atoms with Gasteiger partial charge in [-0.1, -0.05) is 23.2 Å². The zero-order valence-electron chi connectivity index (χ0n) is 8.75. The van der Waals surface area contributed by atoms with Crippen molar-refractivity contribution < 1.29 is 4.74 Å². The molecular formula is C11H7Cl3N2O. The maximum absolute atomic E-state index is 6.03. The number of hydrogen-bond donors (Lipinski definition) is 0. The Hall–Kier alpha value is -1.03. The Morgan fingerprint density at radius 3 is 2.24 bits per heavy atom. The normalized spacial score (nSPS) is 10.4. The minimum atomic E-state index is 0.0604. The fourth-order valence-corrected chi connectivity index (χ4v) is 1.91. The number of halogens is 3. The number of nitrogens with zero attached hydrogens (tertiary/aromatic N) is 2. The lowest BCUT2D eigenvalue weighted by Crippen LogP contribution is -1.91. The fourth-order valence-electron chi connectivity index (χ4n) is 1.33. The highest BCUT2D eigenvalue weighted by Crippen LogP contribution is 2.32. The number of benzene rings is 1. The predicted molar refractivity (Wildman–Crippen MR) is 69.1 cm³/mol. The van der Waals surface area contributed by atoms with Crippen molar-refractivity contribution >= 4 is 34.8 Å². The van der Waals surface area contributed by atoms with Gasteiger partial charge < -0.3 is 4.74 Å². The summed E-state index contributed by atoms with van der Waals surface area (Å²) in [7, 11) is 1.60. The van der Waals surface area contributed by atoms with Gasteiger partial charge >= 0.3 is 0 Å². The summed E-state index contributed by atoms with van der Waals surface area (Å²) in [5, 5.41) is 0.476. The Balaban J connectivity index is 2.52. The molecule has 0 saturated heterocycles. The smallest absolute Gasteiger partial charge is 0.224 e. The van der Waals surface area contributed by atoms with Crippen LogP contribution in [0.1, 0.15) is 0 Å². The van der Waals surface area contributed by atoms with E-state index in [1.165, 1.54) is 0 Å². The lowest BCUT2D eigenvalue weighted by molar-refractivity contribution is 0.415. The van der Waals surface area contributed by atoms with Crippen molar-refractivity contribution in [1.29, 1.82) is 0 Å². The van der Waals surface area contributed by atoms with E-state index in [1.54, 1.807) is 19.2 Å². The molecular weight excluding hydrogens is 282 g/mol. The third kappa shape index (κ3) is 2.63. The van der Waals surface area contributed by atoms with Gasteiger partial charge in [-0.25, -0.2) is 9.97 Å². The lowest BCUT2D eigenvalue weighted by atomic mass is 10.1. The molecule has 0 spiro atoms. The van der Waals surface area contributed by atoms with E-state index < -0.39 is 0 Å². The fraction of sp³-hybridized carbons (Fsp3) is 0.0909. The molecule has 0 atom stereocenters. The molecule has 1 heterocycles. The van der Waals surface area contributed by atoms with Crippen molar-refractivity contribution in [2.24, 2.45) is 0 Å². The van der Waals surface area contributed by atoms with Crippen LogP contribution in [0.15, 0.2) is 24.3 Å². The van der Waals surface area contributed by atoms with Crippen molar-refractivity contribution in [3.63, 3.8) is 0 Å². The summed E-state index contributed by atoms with van der Waals surface area (Å²) in [5.74, 6) is 0.746. The van der Waals surface area contributed by atoms with Gasteiger partial charge in [-0.05, 0) is 35.9 Å². The molecule has 2 aromatic rings. The van der Waals surface area contributed by atoms with Crippen LogP contribution in [0.3, 0.4) is 0 Å². The van der Waals surface area contributed by atoms with Crippen LogP contribution in [0.2, 0.25) is 15.5 Å². The van der Waals surface area contributed by atoms with Crippen LogP contribution in [0.25, 0.3) is 11.3 Å². The average Bonchev–Trinajstić information content (AvgIpc) is 2.34. The van der Waals surface area contributed by atoms with E-state index in [0.29, 0.717) is 5.69 Å². The van der Waals surface area contributed by atoms with Gasteiger partial charge in [0.15, 0.2) is 5.15 Å². The molecule has 0 N–H and O–H groups in total. The SMILES string of the molecule is COc1ccc(-c2nc(Cl)nc(Cl)c2Cl)cc1. The Bertz CT molecular complexity index is 543. The number of hydrogen-bond acceptors (Lipinski definition) is 3. The lowest BCUT2D eigenvalue weighted by Gasteiger charge is -2.06. The van der Waals surface area contributed by atoms with Gasteiger partial charge in [0.2, 0.25) is 5.28 Å². The van der Waals surface area contributed by atoms with Crippen LogP contribution in [-0.2, 0) is 0 Å². The summed E-state index contributed by atoms with van der Waals surface area (Å²) in [6.45, 7) is 0. The van der Waals surface area contributed by atoms with Gasteiger partial charge in [0.25, 0.3) is 0 Å². The van der Waals surface area contributed by atoms with Crippen molar-refractivity contribution in [3.05, 3.63) is 39.7 Å². The summed E-state index contributed by atoms with van der Waals surface area (Å²) < 4.78 is 5.06. The molecule has 0 aliphatic heterocycles. The van der Waals surface area contributed by atoms with Crippen LogP contribution in [-0.4, -0.2) is 17.1 Å². The second kappa shape index (κ2) is 5.08. The van der Waals surface area contributed by atoms with Crippen LogP contribution in [0, 0.1) is 0 Å². The standard InChI is InChI=1S/C11H7Cl3N2O/c1-17-7-4-2-6(3-5-7)9-8(12)10(13)16-11(14)15-9/h2-5H,1H3. The first-order valence-corrected chi connectivity index (χ1v) is 5.78. The minimum absolute atomic E-state index is 0.0604. The zero-order chi connectivity index (χ0) is 12.4. The third-order valence-electron chi connectivity index (χ3n) is 2.15. The van der Waals surface area contributed by atoms with E-state index in [-0.39, 0.29) is 15.5 Å². The largest absolute Gasteiger partial charge is 0.497 e. The van der Waals surface area contributed by atoms with E-state index in [1.807, 2.05) is 12.1 Å². The van der Waals surface area contributed by atoms with Crippen LogP contribution in [0.4, 0.5) is 0 Å². The molecule has 17 heavy (non-hydrogen) atoms. The second-order valence-electron chi connectivity index (χ2n) is 3.17. The summed E-state index contributed by atoms with van der Waals surface area (Å²) in [6, 6.07) is 7.24. The number of rotatable bonds is 2. The van der Waals surface area contributed by atoms with Crippen LogP contribution >= 0.6 is 34.8 Å². The first-order valence-electron chi connectivity index (χ1n) is 4.65. The Kier molecular flexibility index (Phi) is 3.72. The molecule has 6 heteroatoms. The maximum Gasteiger partial charge on any atom is 0.224 e. The molecule has 0 radical (unpaired) electrons. The van der Waals surface area contributed by atoms with E-state index in [2.05, 4.69) is 9.97 Å². The van der Waals surface area contributed by atoms with Crippen LogP contribution < -0.4 is 4.74 Å². The Morgan fingerprint density at radius 1 is 1.00 bits per heavy atom. The zero-order valence-corrected chi connectivity index (χ0v) is 11.0. The number of aromatic nitrogens is 2. The average molecular weight is 290 g/mol. The third-order valence-corrected chi connectivity index (χ3v) is 3.04. The van der Waals surface area contributed by atoms with Gasteiger partial charge in [-0.3, -0.25) is 0 Å². The number of ether oxygens (including phenoxy) is 1. The van der Waals surface area contributed by atoms with Gasteiger partial charge in [0.1, 0.15) is 10.8 Å².